The number of primary amides is 1. The van der Waals surface area contributed by atoms with Crippen molar-refractivity contribution in [2.45, 2.75) is 32.1 Å². The van der Waals surface area contributed by atoms with Gasteiger partial charge in [0.1, 0.15) is 0 Å². The van der Waals surface area contributed by atoms with Crippen molar-refractivity contribution in [3.8, 4) is 0 Å². The van der Waals surface area contributed by atoms with Crippen LogP contribution in [0.15, 0.2) is 16.1 Å². The first-order valence-corrected chi connectivity index (χ1v) is 7.28. The zero-order chi connectivity index (χ0) is 12.9. The van der Waals surface area contributed by atoms with E-state index < -0.39 is 0 Å². The highest BCUT2D eigenvalue weighted by Gasteiger charge is 2.30. The Kier molecular flexibility index (Phi) is 2.99. The zero-order valence-corrected chi connectivity index (χ0v) is 12.2. The minimum absolute atomic E-state index is 0.388. The number of halogens is 2. The molecule has 2 aliphatic rings. The summed E-state index contributed by atoms with van der Waals surface area (Å²) in [6.45, 7) is 0. The van der Waals surface area contributed by atoms with Gasteiger partial charge in [-0.05, 0) is 70.8 Å². The lowest BCUT2D eigenvalue weighted by Crippen LogP contribution is -2.14. The molecule has 0 fully saturated rings. The van der Waals surface area contributed by atoms with Gasteiger partial charge in [0.05, 0.1) is 5.02 Å². The predicted octanol–water partition coefficient (Wildman–Crippen LogP) is 4.09. The SMILES string of the molecule is NC(=O)c1cc(Cl)c(Br)c2c1CC1=C2CCCC1. The third-order valence-electron chi connectivity index (χ3n) is 3.87. The van der Waals surface area contributed by atoms with Crippen LogP contribution in [0.5, 0.6) is 0 Å². The molecular weight excluding hydrogens is 314 g/mol. The summed E-state index contributed by atoms with van der Waals surface area (Å²) in [6, 6.07) is 1.69. The van der Waals surface area contributed by atoms with Crippen LogP contribution in [-0.4, -0.2) is 5.91 Å². The highest BCUT2D eigenvalue weighted by atomic mass is 79.9. The number of nitrogens with two attached hydrogens (primary N) is 1. The predicted molar refractivity (Wildman–Crippen MR) is 76.8 cm³/mol. The van der Waals surface area contributed by atoms with Crippen molar-refractivity contribution < 1.29 is 4.79 Å². The summed E-state index contributed by atoms with van der Waals surface area (Å²) in [6.07, 6.45) is 5.53. The number of hydrogen-bond donors (Lipinski definition) is 1. The summed E-state index contributed by atoms with van der Waals surface area (Å²) in [5.41, 5.74) is 11.1. The highest BCUT2D eigenvalue weighted by molar-refractivity contribution is 9.10. The Morgan fingerprint density at radius 2 is 2.06 bits per heavy atom. The molecule has 0 radical (unpaired) electrons. The van der Waals surface area contributed by atoms with E-state index in [0.717, 1.165) is 34.9 Å². The van der Waals surface area contributed by atoms with Gasteiger partial charge in [0, 0.05) is 10.0 Å². The monoisotopic (exact) mass is 325 g/mol. The Morgan fingerprint density at radius 1 is 1.33 bits per heavy atom. The van der Waals surface area contributed by atoms with E-state index in [1.807, 2.05) is 0 Å². The number of hydrogen-bond acceptors (Lipinski definition) is 1. The molecule has 0 atom stereocenters. The van der Waals surface area contributed by atoms with Gasteiger partial charge in [-0.15, -0.1) is 0 Å². The first-order valence-electron chi connectivity index (χ1n) is 6.11. The lowest BCUT2D eigenvalue weighted by Gasteiger charge is -2.15. The van der Waals surface area contributed by atoms with Crippen LogP contribution >= 0.6 is 27.5 Å². The van der Waals surface area contributed by atoms with Crippen molar-refractivity contribution in [1.29, 1.82) is 0 Å². The lowest BCUT2D eigenvalue weighted by molar-refractivity contribution is 0.0999. The Bertz CT molecular complexity index is 592. The third kappa shape index (κ3) is 1.72. The lowest BCUT2D eigenvalue weighted by atomic mass is 9.92. The summed E-state index contributed by atoms with van der Waals surface area (Å²) in [5.74, 6) is -0.388. The fraction of sp³-hybridized carbons (Fsp3) is 0.357. The van der Waals surface area contributed by atoms with E-state index in [1.165, 1.54) is 24.0 Å². The summed E-state index contributed by atoms with van der Waals surface area (Å²) in [7, 11) is 0. The average Bonchev–Trinajstić information content (AvgIpc) is 2.72. The Morgan fingerprint density at radius 3 is 2.78 bits per heavy atom. The van der Waals surface area contributed by atoms with Gasteiger partial charge >= 0.3 is 0 Å². The first-order chi connectivity index (χ1) is 8.59. The molecule has 2 N–H and O–H groups in total. The summed E-state index contributed by atoms with van der Waals surface area (Å²) < 4.78 is 0.913. The fourth-order valence-electron chi connectivity index (χ4n) is 3.06. The van der Waals surface area contributed by atoms with Crippen molar-refractivity contribution >= 4 is 39.0 Å². The molecule has 1 aromatic rings. The number of carbonyl (C=O) groups excluding carboxylic acids is 1. The standard InChI is InChI=1S/C14H13BrClNO/c15-13-11(16)6-10(14(17)18)9-5-7-3-1-2-4-8(7)12(9)13/h6H,1-5H2,(H2,17,18). The van der Waals surface area contributed by atoms with Crippen LogP contribution in [0.2, 0.25) is 5.02 Å². The number of carbonyl (C=O) groups is 1. The van der Waals surface area contributed by atoms with E-state index >= 15 is 0 Å². The Balaban J connectivity index is 2.25. The molecule has 0 unspecified atom stereocenters. The van der Waals surface area contributed by atoms with E-state index in [2.05, 4.69) is 15.9 Å². The van der Waals surface area contributed by atoms with E-state index in [1.54, 1.807) is 6.07 Å². The molecule has 18 heavy (non-hydrogen) atoms. The second-order valence-corrected chi connectivity index (χ2v) is 6.10. The molecule has 0 spiro atoms. The van der Waals surface area contributed by atoms with Crippen LogP contribution < -0.4 is 5.73 Å². The zero-order valence-electron chi connectivity index (χ0n) is 9.85. The van der Waals surface area contributed by atoms with Crippen LogP contribution in [0.25, 0.3) is 5.57 Å². The maximum absolute atomic E-state index is 11.6. The normalized spacial score (nSPS) is 17.7. The molecular formula is C14H13BrClNO. The second-order valence-electron chi connectivity index (χ2n) is 4.90. The number of rotatable bonds is 1. The minimum atomic E-state index is -0.388. The van der Waals surface area contributed by atoms with Crippen LogP contribution in [0, 0.1) is 0 Å². The van der Waals surface area contributed by atoms with Crippen molar-refractivity contribution in [1.82, 2.24) is 0 Å². The molecule has 0 aromatic heterocycles. The van der Waals surface area contributed by atoms with Crippen LogP contribution in [0.1, 0.15) is 47.2 Å². The van der Waals surface area contributed by atoms with Crippen molar-refractivity contribution in [2.24, 2.45) is 5.73 Å². The van der Waals surface area contributed by atoms with Crippen LogP contribution in [-0.2, 0) is 6.42 Å². The molecule has 3 rings (SSSR count). The van der Waals surface area contributed by atoms with Gasteiger partial charge in [-0.2, -0.15) is 0 Å². The number of amides is 1. The fourth-order valence-corrected chi connectivity index (χ4v) is 3.86. The van der Waals surface area contributed by atoms with Gasteiger partial charge < -0.3 is 5.73 Å². The average molecular weight is 327 g/mol. The van der Waals surface area contributed by atoms with Gasteiger partial charge in [0.25, 0.3) is 0 Å². The third-order valence-corrected chi connectivity index (χ3v) is 5.22. The highest BCUT2D eigenvalue weighted by Crippen LogP contribution is 2.47. The maximum atomic E-state index is 11.6. The smallest absolute Gasteiger partial charge is 0.249 e. The molecule has 0 aliphatic heterocycles. The molecule has 1 amide bonds. The summed E-state index contributed by atoms with van der Waals surface area (Å²) in [4.78, 5) is 11.6. The number of allylic oxidation sites excluding steroid dienone is 2. The van der Waals surface area contributed by atoms with Gasteiger partial charge in [-0.1, -0.05) is 17.2 Å². The molecule has 0 saturated heterocycles. The number of fused-ring (bicyclic) bond motifs is 2. The largest absolute Gasteiger partial charge is 0.366 e. The molecule has 2 aliphatic carbocycles. The maximum Gasteiger partial charge on any atom is 0.249 e. The summed E-state index contributed by atoms with van der Waals surface area (Å²) >= 11 is 9.75. The molecule has 0 bridgehead atoms. The van der Waals surface area contributed by atoms with Gasteiger partial charge in [0.15, 0.2) is 0 Å². The van der Waals surface area contributed by atoms with E-state index in [9.17, 15) is 4.79 Å². The van der Waals surface area contributed by atoms with E-state index in [0.29, 0.717) is 10.6 Å². The van der Waals surface area contributed by atoms with Gasteiger partial charge in [-0.3, -0.25) is 4.79 Å². The topological polar surface area (TPSA) is 43.1 Å². The molecule has 0 heterocycles. The van der Waals surface area contributed by atoms with Crippen molar-refractivity contribution in [2.75, 3.05) is 0 Å². The van der Waals surface area contributed by atoms with Crippen molar-refractivity contribution in [3.63, 3.8) is 0 Å². The molecule has 4 heteroatoms. The van der Waals surface area contributed by atoms with E-state index in [4.69, 9.17) is 17.3 Å². The molecule has 94 valence electrons. The van der Waals surface area contributed by atoms with E-state index in [-0.39, 0.29) is 5.91 Å². The second kappa shape index (κ2) is 4.39. The number of benzene rings is 1. The Labute approximate surface area is 119 Å². The van der Waals surface area contributed by atoms with Crippen molar-refractivity contribution in [3.05, 3.63) is 37.8 Å². The molecule has 1 aromatic carbocycles. The van der Waals surface area contributed by atoms with Gasteiger partial charge in [-0.25, -0.2) is 0 Å². The summed E-state index contributed by atoms with van der Waals surface area (Å²) in [5, 5.41) is 0.571. The first kappa shape index (κ1) is 12.2. The van der Waals surface area contributed by atoms with Crippen LogP contribution in [0.4, 0.5) is 0 Å². The minimum Gasteiger partial charge on any atom is -0.366 e. The Hall–Kier alpha value is -0.800. The molecule has 0 saturated carbocycles. The van der Waals surface area contributed by atoms with Gasteiger partial charge in [0.2, 0.25) is 5.91 Å². The quantitative estimate of drug-likeness (QED) is 0.830. The molecule has 2 nitrogen and oxygen atoms in total. The van der Waals surface area contributed by atoms with Crippen LogP contribution in [0.3, 0.4) is 0 Å².